The Morgan fingerprint density at radius 1 is 0.938 bits per heavy atom. The number of anilines is 1. The van der Waals surface area contributed by atoms with Crippen molar-refractivity contribution in [3.05, 3.63) is 94.8 Å². The second-order valence-corrected chi connectivity index (χ2v) is 14.0. The Labute approximate surface area is 270 Å². The Balaban J connectivity index is 1.36. The lowest BCUT2D eigenvalue weighted by atomic mass is 9.85. The van der Waals surface area contributed by atoms with E-state index in [0.29, 0.717) is 17.7 Å². The summed E-state index contributed by atoms with van der Waals surface area (Å²) in [6.45, 7) is 0.383. The second-order valence-electron chi connectivity index (χ2n) is 12.2. The van der Waals surface area contributed by atoms with Gasteiger partial charge in [-0.15, -0.1) is 0 Å². The van der Waals surface area contributed by atoms with Gasteiger partial charge in [0.05, 0.1) is 22.7 Å². The van der Waals surface area contributed by atoms with Crippen molar-refractivity contribution in [2.75, 3.05) is 24.4 Å². The SMILES string of the molecule is CN1C(=O)c2ccccc2C2CN(C(=O)C[C@@H]3CCc4cc(C(O)(C(F)(F)F)C(F)(F)F)ccc4N3S(=O)(=O)c3ccc(F)cc3)CC21. The van der Waals surface area contributed by atoms with Crippen LogP contribution in [0.25, 0.3) is 0 Å². The van der Waals surface area contributed by atoms with Gasteiger partial charge in [0.2, 0.25) is 5.91 Å². The number of carbonyl (C=O) groups is 2. The average molecular weight is 700 g/mol. The number of likely N-dealkylation sites (N-methyl/N-ethyl adjacent to an activating group) is 1. The minimum atomic E-state index is -6.16. The zero-order valence-corrected chi connectivity index (χ0v) is 25.9. The molecule has 0 bridgehead atoms. The zero-order chi connectivity index (χ0) is 35.0. The molecule has 3 aliphatic heterocycles. The van der Waals surface area contributed by atoms with Crippen LogP contribution in [-0.2, 0) is 26.8 Å². The summed E-state index contributed by atoms with van der Waals surface area (Å²) in [6, 6.07) is 10.8. The number of amides is 2. The minimum Gasteiger partial charge on any atom is -0.369 e. The van der Waals surface area contributed by atoms with Gasteiger partial charge in [0.1, 0.15) is 5.82 Å². The van der Waals surface area contributed by atoms with Gasteiger partial charge >= 0.3 is 12.4 Å². The Morgan fingerprint density at radius 3 is 2.23 bits per heavy atom. The molecule has 2 unspecified atom stereocenters. The van der Waals surface area contributed by atoms with Gasteiger partial charge in [0, 0.05) is 43.6 Å². The van der Waals surface area contributed by atoms with Crippen molar-refractivity contribution in [3.63, 3.8) is 0 Å². The maximum atomic E-state index is 14.0. The lowest BCUT2D eigenvalue weighted by molar-refractivity contribution is -0.376. The van der Waals surface area contributed by atoms with Gasteiger partial charge in [-0.2, -0.15) is 26.3 Å². The molecule has 16 heteroatoms. The predicted molar refractivity (Wildman–Crippen MR) is 157 cm³/mol. The van der Waals surface area contributed by atoms with Gasteiger partial charge in [0.15, 0.2) is 0 Å². The molecular weight excluding hydrogens is 671 g/mol. The molecule has 2 amide bonds. The number of carbonyl (C=O) groups excluding carboxylic acids is 2. The minimum absolute atomic E-state index is 0.158. The molecule has 1 fully saturated rings. The molecule has 3 aromatic rings. The highest BCUT2D eigenvalue weighted by Crippen LogP contribution is 2.51. The number of rotatable bonds is 5. The highest BCUT2D eigenvalue weighted by Gasteiger charge is 2.71. The summed E-state index contributed by atoms with van der Waals surface area (Å²) < 4.78 is 124. The average Bonchev–Trinajstić information content (AvgIpc) is 3.48. The summed E-state index contributed by atoms with van der Waals surface area (Å²) in [5.74, 6) is -1.65. The van der Waals surface area contributed by atoms with Crippen LogP contribution in [-0.4, -0.2) is 79.7 Å². The first-order chi connectivity index (χ1) is 22.4. The lowest BCUT2D eigenvalue weighted by Gasteiger charge is -2.39. The van der Waals surface area contributed by atoms with Crippen LogP contribution in [0.4, 0.5) is 36.4 Å². The van der Waals surface area contributed by atoms with Gasteiger partial charge in [-0.05, 0) is 60.4 Å². The number of alkyl halides is 6. The summed E-state index contributed by atoms with van der Waals surface area (Å²) in [5.41, 5.74) is -6.01. The van der Waals surface area contributed by atoms with Crippen molar-refractivity contribution < 1.29 is 53.8 Å². The number of benzene rings is 3. The van der Waals surface area contributed by atoms with E-state index in [0.717, 1.165) is 40.2 Å². The molecule has 0 saturated carbocycles. The standard InChI is InChI=1S/C32H28F7N3O5S/c1-40-27-17-41(16-25(27)23-4-2-3-5-24(23)29(40)44)28(43)15-21-10-6-18-14-19(30(45,31(34,35)36)32(37,38)39)7-13-26(18)42(21)48(46,47)22-11-8-20(33)9-12-22/h2-5,7-9,11-14,21,25,27,45H,6,10,15-17H2,1H3/t21-,25?,27?/m0/s1. The van der Waals surface area contributed by atoms with Crippen LogP contribution >= 0.6 is 0 Å². The van der Waals surface area contributed by atoms with E-state index in [-0.39, 0.29) is 55.0 Å². The van der Waals surface area contributed by atoms with E-state index < -0.39 is 62.6 Å². The van der Waals surface area contributed by atoms with Gasteiger partial charge < -0.3 is 14.9 Å². The fourth-order valence-corrected chi connectivity index (χ4v) is 8.67. The number of aryl methyl sites for hydroxylation is 1. The summed E-state index contributed by atoms with van der Waals surface area (Å²) in [5, 5.41) is 9.97. The number of nitrogens with zero attached hydrogens (tertiary/aromatic N) is 3. The zero-order valence-electron chi connectivity index (χ0n) is 25.1. The van der Waals surface area contributed by atoms with Crippen LogP contribution in [0.2, 0.25) is 0 Å². The van der Waals surface area contributed by atoms with E-state index in [2.05, 4.69) is 0 Å². The van der Waals surface area contributed by atoms with Crippen molar-refractivity contribution in [3.8, 4) is 0 Å². The fourth-order valence-electron chi connectivity index (χ4n) is 6.96. The molecule has 1 saturated heterocycles. The number of sulfonamides is 1. The molecule has 3 heterocycles. The maximum Gasteiger partial charge on any atom is 0.430 e. The molecule has 8 nitrogen and oxygen atoms in total. The third-order valence-electron chi connectivity index (χ3n) is 9.46. The summed E-state index contributed by atoms with van der Waals surface area (Å²) in [7, 11) is -3.03. The van der Waals surface area contributed by atoms with Crippen molar-refractivity contribution in [2.45, 2.75) is 60.1 Å². The van der Waals surface area contributed by atoms with E-state index >= 15 is 0 Å². The second kappa shape index (κ2) is 11.5. The van der Waals surface area contributed by atoms with Crippen molar-refractivity contribution in [1.29, 1.82) is 0 Å². The van der Waals surface area contributed by atoms with E-state index in [9.17, 15) is 53.8 Å². The van der Waals surface area contributed by atoms with Crippen molar-refractivity contribution in [2.24, 2.45) is 0 Å². The predicted octanol–water partition coefficient (Wildman–Crippen LogP) is 5.12. The highest BCUT2D eigenvalue weighted by molar-refractivity contribution is 7.92. The molecule has 0 aliphatic carbocycles. The highest BCUT2D eigenvalue weighted by atomic mass is 32.2. The first-order valence-electron chi connectivity index (χ1n) is 14.8. The van der Waals surface area contributed by atoms with Crippen LogP contribution in [0.3, 0.4) is 0 Å². The van der Waals surface area contributed by atoms with E-state index in [1.165, 1.54) is 4.90 Å². The molecule has 0 aromatic heterocycles. The first-order valence-corrected chi connectivity index (χ1v) is 16.2. The van der Waals surface area contributed by atoms with Gasteiger partial charge in [-0.3, -0.25) is 13.9 Å². The molecular formula is C32H28F7N3O5S. The fraction of sp³-hybridized carbons (Fsp3) is 0.375. The Hall–Kier alpha value is -4.18. The Kier molecular flexibility index (Phi) is 8.05. The summed E-state index contributed by atoms with van der Waals surface area (Å²) >= 11 is 0. The molecule has 3 atom stereocenters. The third kappa shape index (κ3) is 5.29. The van der Waals surface area contributed by atoms with E-state index in [1.54, 1.807) is 30.1 Å². The number of hydrogen-bond donors (Lipinski definition) is 1. The first kappa shape index (κ1) is 33.7. The Morgan fingerprint density at radius 2 is 1.58 bits per heavy atom. The quantitative estimate of drug-likeness (QED) is 0.373. The number of aliphatic hydroxyl groups is 1. The number of likely N-dealkylation sites (tertiary alicyclic amines) is 1. The number of halogens is 7. The normalized spacial score (nSPS) is 21.6. The number of fused-ring (bicyclic) bond motifs is 4. The van der Waals surface area contributed by atoms with Crippen LogP contribution < -0.4 is 4.31 Å². The van der Waals surface area contributed by atoms with Crippen molar-refractivity contribution >= 4 is 27.5 Å². The van der Waals surface area contributed by atoms with E-state index in [4.69, 9.17) is 0 Å². The topological polar surface area (TPSA) is 98.2 Å². The van der Waals surface area contributed by atoms with Gasteiger partial charge in [0.25, 0.3) is 21.5 Å². The smallest absolute Gasteiger partial charge is 0.369 e. The molecule has 0 radical (unpaired) electrons. The molecule has 3 aliphatic rings. The monoisotopic (exact) mass is 699 g/mol. The third-order valence-corrected chi connectivity index (χ3v) is 11.3. The number of hydrogen-bond acceptors (Lipinski definition) is 5. The largest absolute Gasteiger partial charge is 0.430 e. The summed E-state index contributed by atoms with van der Waals surface area (Å²) in [6.07, 6.45) is -13.1. The molecule has 256 valence electrons. The molecule has 3 aromatic carbocycles. The molecule has 0 spiro atoms. The Bertz CT molecular complexity index is 1870. The molecule has 1 N–H and O–H groups in total. The van der Waals surface area contributed by atoms with Gasteiger partial charge in [-0.1, -0.05) is 30.3 Å². The van der Waals surface area contributed by atoms with E-state index in [1.807, 2.05) is 6.07 Å². The molecule has 6 rings (SSSR count). The molecule has 48 heavy (non-hydrogen) atoms. The van der Waals surface area contributed by atoms with Crippen LogP contribution in [0.1, 0.15) is 45.8 Å². The van der Waals surface area contributed by atoms with Crippen LogP contribution in [0.5, 0.6) is 0 Å². The van der Waals surface area contributed by atoms with Crippen LogP contribution in [0, 0.1) is 5.82 Å². The maximum absolute atomic E-state index is 14.0. The van der Waals surface area contributed by atoms with Crippen molar-refractivity contribution in [1.82, 2.24) is 9.80 Å². The lowest BCUT2D eigenvalue weighted by Crippen LogP contribution is -2.54. The van der Waals surface area contributed by atoms with Gasteiger partial charge in [-0.25, -0.2) is 12.8 Å². The summed E-state index contributed by atoms with van der Waals surface area (Å²) in [4.78, 5) is 29.4. The van der Waals surface area contributed by atoms with Crippen LogP contribution in [0.15, 0.2) is 71.6 Å².